The minimum atomic E-state index is -1.11. The second-order valence-corrected chi connectivity index (χ2v) is 12.9. The van der Waals surface area contributed by atoms with Crippen molar-refractivity contribution in [2.45, 2.75) is 115 Å². The maximum atomic E-state index is 13.9. The van der Waals surface area contributed by atoms with Gasteiger partial charge in [-0.05, 0) is 87.3 Å². The monoisotopic (exact) mass is 530 g/mol. The molecule has 1 amide bonds. The van der Waals surface area contributed by atoms with Gasteiger partial charge < -0.3 is 23.7 Å². The van der Waals surface area contributed by atoms with Crippen LogP contribution in [0.1, 0.15) is 79.7 Å². The van der Waals surface area contributed by atoms with Crippen LogP contribution in [0.4, 0.5) is 4.79 Å². The van der Waals surface area contributed by atoms with Crippen molar-refractivity contribution >= 4 is 19.2 Å². The molecule has 212 valence electrons. The van der Waals surface area contributed by atoms with E-state index in [0.717, 1.165) is 12.0 Å². The zero-order valence-corrected chi connectivity index (χ0v) is 24.8. The summed E-state index contributed by atoms with van der Waals surface area (Å²) < 4.78 is 24.0. The first-order valence-corrected chi connectivity index (χ1v) is 13.8. The lowest BCUT2D eigenvalue weighted by molar-refractivity contribution is -0.158. The first-order chi connectivity index (χ1) is 17.6. The van der Waals surface area contributed by atoms with Gasteiger partial charge in [-0.15, -0.1) is 0 Å². The molecule has 2 aliphatic rings. The number of esters is 1. The second kappa shape index (κ2) is 11.6. The van der Waals surface area contributed by atoms with Gasteiger partial charge in [0, 0.05) is 12.6 Å². The third-order valence-electron chi connectivity index (χ3n) is 8.00. The van der Waals surface area contributed by atoms with Gasteiger partial charge in [-0.1, -0.05) is 43.2 Å². The van der Waals surface area contributed by atoms with Crippen LogP contribution in [0.5, 0.6) is 0 Å². The van der Waals surface area contributed by atoms with Crippen LogP contribution in [0, 0.1) is 0 Å². The lowest BCUT2D eigenvalue weighted by atomic mass is 9.80. The summed E-state index contributed by atoms with van der Waals surface area (Å²) in [5.74, 6) is -0.382. The summed E-state index contributed by atoms with van der Waals surface area (Å²) in [6.45, 7) is 14.3. The molecule has 2 atom stereocenters. The fourth-order valence-electron chi connectivity index (χ4n) is 5.06. The van der Waals surface area contributed by atoms with E-state index < -0.39 is 17.2 Å². The maximum Gasteiger partial charge on any atom is 0.457 e. The Balaban J connectivity index is 1.78. The number of amides is 1. The number of benzene rings is 1. The summed E-state index contributed by atoms with van der Waals surface area (Å²) in [6.07, 6.45) is 2.70. The summed E-state index contributed by atoms with van der Waals surface area (Å²) in [6, 6.07) is 9.62. The minimum absolute atomic E-state index is 0.00916. The SMILES string of the molecule is CN(C)[C@H]1CN(C(=O)OC(C)(C)C)[C@@](CCCCB2OC(C)(C)C(C)(C)O2)(C(=O)OCc2ccccc2)C1. The summed E-state index contributed by atoms with van der Waals surface area (Å²) in [7, 11) is 3.66. The van der Waals surface area contributed by atoms with E-state index in [1.54, 1.807) is 4.90 Å². The molecule has 8 nitrogen and oxygen atoms in total. The highest BCUT2D eigenvalue weighted by Gasteiger charge is 2.56. The number of rotatable bonds is 9. The molecule has 0 bridgehead atoms. The van der Waals surface area contributed by atoms with Crippen LogP contribution in [0.25, 0.3) is 0 Å². The summed E-state index contributed by atoms with van der Waals surface area (Å²) in [5, 5.41) is 0. The number of hydrogen-bond acceptors (Lipinski definition) is 7. The van der Waals surface area contributed by atoms with Gasteiger partial charge in [0.25, 0.3) is 0 Å². The smallest absolute Gasteiger partial charge is 0.457 e. The molecule has 2 aliphatic heterocycles. The molecule has 0 radical (unpaired) electrons. The molecule has 2 saturated heterocycles. The van der Waals surface area contributed by atoms with Crippen LogP contribution in [-0.2, 0) is 30.2 Å². The molecule has 0 unspecified atom stereocenters. The van der Waals surface area contributed by atoms with Crippen molar-refractivity contribution in [2.75, 3.05) is 20.6 Å². The van der Waals surface area contributed by atoms with Crippen molar-refractivity contribution in [1.29, 1.82) is 0 Å². The van der Waals surface area contributed by atoms with E-state index in [0.29, 0.717) is 32.1 Å². The molecule has 1 aromatic carbocycles. The molecule has 3 rings (SSSR count). The average Bonchev–Trinajstić information content (AvgIpc) is 3.29. The van der Waals surface area contributed by atoms with Gasteiger partial charge in [-0.25, -0.2) is 9.59 Å². The lowest BCUT2D eigenvalue weighted by Crippen LogP contribution is -2.55. The van der Waals surface area contributed by atoms with Crippen molar-refractivity contribution in [3.05, 3.63) is 35.9 Å². The molecule has 9 heteroatoms. The van der Waals surface area contributed by atoms with Crippen molar-refractivity contribution in [3.8, 4) is 0 Å². The van der Waals surface area contributed by atoms with E-state index in [9.17, 15) is 9.59 Å². The zero-order valence-electron chi connectivity index (χ0n) is 24.8. The molecule has 0 aromatic heterocycles. The maximum absolute atomic E-state index is 13.9. The van der Waals surface area contributed by atoms with Gasteiger partial charge in [0.2, 0.25) is 0 Å². The van der Waals surface area contributed by atoms with Crippen LogP contribution < -0.4 is 0 Å². The molecular formula is C29H47BN2O6. The predicted molar refractivity (Wildman–Crippen MR) is 149 cm³/mol. The number of likely N-dealkylation sites (N-methyl/N-ethyl adjacent to an activating group) is 1. The molecular weight excluding hydrogens is 483 g/mol. The highest BCUT2D eigenvalue weighted by molar-refractivity contribution is 6.45. The number of unbranched alkanes of at least 4 members (excludes halogenated alkanes) is 1. The highest BCUT2D eigenvalue weighted by atomic mass is 16.7. The third-order valence-corrected chi connectivity index (χ3v) is 8.00. The van der Waals surface area contributed by atoms with Gasteiger partial charge >= 0.3 is 19.2 Å². The van der Waals surface area contributed by atoms with E-state index >= 15 is 0 Å². The van der Waals surface area contributed by atoms with Crippen LogP contribution in [0.3, 0.4) is 0 Å². The number of likely N-dealkylation sites (tertiary alicyclic amines) is 1. The Labute approximate surface area is 229 Å². The van der Waals surface area contributed by atoms with Gasteiger partial charge in [0.1, 0.15) is 17.7 Å². The molecule has 38 heavy (non-hydrogen) atoms. The molecule has 0 N–H and O–H groups in total. The Morgan fingerprint density at radius 1 is 1.05 bits per heavy atom. The number of hydrogen-bond donors (Lipinski definition) is 0. The van der Waals surface area contributed by atoms with Crippen molar-refractivity contribution in [2.24, 2.45) is 0 Å². The van der Waals surface area contributed by atoms with Gasteiger partial charge in [-0.2, -0.15) is 0 Å². The molecule has 0 aliphatic carbocycles. The van der Waals surface area contributed by atoms with Gasteiger partial charge in [0.05, 0.1) is 11.2 Å². The quantitative estimate of drug-likeness (QED) is 0.244. The summed E-state index contributed by atoms with van der Waals surface area (Å²) in [4.78, 5) is 31.0. The van der Waals surface area contributed by atoms with Crippen molar-refractivity contribution < 1.29 is 28.4 Å². The molecule has 0 saturated carbocycles. The molecule has 2 heterocycles. The molecule has 0 spiro atoms. The number of ether oxygens (including phenoxy) is 2. The van der Waals surface area contributed by atoms with E-state index in [1.165, 1.54) is 0 Å². The normalized spacial score (nSPS) is 24.6. The van der Waals surface area contributed by atoms with Crippen LogP contribution in [-0.4, -0.2) is 78.0 Å². The minimum Gasteiger partial charge on any atom is -0.459 e. The zero-order chi connectivity index (χ0) is 28.4. The Hall–Kier alpha value is -2.10. The topological polar surface area (TPSA) is 77.5 Å². The fraction of sp³-hybridized carbons (Fsp3) is 0.724. The van der Waals surface area contributed by atoms with Crippen molar-refractivity contribution in [1.82, 2.24) is 9.80 Å². The predicted octanol–water partition coefficient (Wildman–Crippen LogP) is 5.30. The largest absolute Gasteiger partial charge is 0.459 e. The van der Waals surface area contributed by atoms with Crippen molar-refractivity contribution in [3.63, 3.8) is 0 Å². The van der Waals surface area contributed by atoms with Crippen LogP contribution >= 0.6 is 0 Å². The van der Waals surface area contributed by atoms with E-state index in [1.807, 2.05) is 92.9 Å². The van der Waals surface area contributed by atoms with Crippen LogP contribution in [0.15, 0.2) is 30.3 Å². The first-order valence-electron chi connectivity index (χ1n) is 13.8. The standard InChI is InChI=1S/C29H47BN2O6/c1-26(2,3)36-25(34)32-20-23(31(8)9)19-29(32,24(33)35-21-22-15-11-10-12-16-22)17-13-14-18-30-37-27(4,5)28(6,7)38-30/h10-12,15-16,23H,13-14,17-21H2,1-9H3/t23-,29-/m1/s1. The Kier molecular flexibility index (Phi) is 9.27. The van der Waals surface area contributed by atoms with E-state index in [-0.39, 0.29) is 36.9 Å². The number of carbonyl (C=O) groups is 2. The summed E-state index contributed by atoms with van der Waals surface area (Å²) >= 11 is 0. The highest BCUT2D eigenvalue weighted by Crippen LogP contribution is 2.40. The number of carbonyl (C=O) groups excluding carboxylic acids is 2. The van der Waals surface area contributed by atoms with E-state index in [4.69, 9.17) is 18.8 Å². The van der Waals surface area contributed by atoms with E-state index in [2.05, 4.69) is 4.90 Å². The average molecular weight is 531 g/mol. The summed E-state index contributed by atoms with van der Waals surface area (Å²) in [5.41, 5.74) is -1.63. The fourth-order valence-corrected chi connectivity index (χ4v) is 5.06. The van der Waals surface area contributed by atoms with Gasteiger partial charge in [0.15, 0.2) is 0 Å². The Morgan fingerprint density at radius 2 is 1.66 bits per heavy atom. The Morgan fingerprint density at radius 3 is 2.21 bits per heavy atom. The second-order valence-electron chi connectivity index (χ2n) is 12.9. The Bertz CT molecular complexity index is 946. The number of nitrogens with zero attached hydrogens (tertiary/aromatic N) is 2. The molecule has 1 aromatic rings. The van der Waals surface area contributed by atoms with Gasteiger partial charge in [-0.3, -0.25) is 4.90 Å². The first kappa shape index (κ1) is 30.4. The lowest BCUT2D eigenvalue weighted by Gasteiger charge is -2.37. The van der Waals surface area contributed by atoms with Crippen LogP contribution in [0.2, 0.25) is 6.32 Å². The third kappa shape index (κ3) is 7.10. The molecule has 2 fully saturated rings.